The van der Waals surface area contributed by atoms with Crippen LogP contribution in [0.25, 0.3) is 0 Å². The predicted molar refractivity (Wildman–Crippen MR) is 116 cm³/mol. The monoisotopic (exact) mass is 561 g/mol. The largest absolute Gasteiger partial charge is 0.394 e. The molecule has 0 saturated carbocycles. The summed E-state index contributed by atoms with van der Waals surface area (Å²) in [7, 11) is 0. The quantitative estimate of drug-likeness (QED) is 0.134. The van der Waals surface area contributed by atoms with Gasteiger partial charge in [-0.2, -0.15) is 4.94 Å². The summed E-state index contributed by atoms with van der Waals surface area (Å²) in [6.07, 6.45) is -23.7. The highest BCUT2D eigenvalue weighted by Crippen LogP contribution is 2.32. The first-order valence-corrected chi connectivity index (χ1v) is 12.0. The van der Waals surface area contributed by atoms with E-state index < -0.39 is 111 Å². The van der Waals surface area contributed by atoms with Crippen molar-refractivity contribution < 1.29 is 78.8 Å². The second-order valence-corrected chi connectivity index (χ2v) is 9.59. The van der Waals surface area contributed by atoms with Crippen molar-refractivity contribution in [2.24, 2.45) is 0 Å². The number of carbonyl (C=O) groups excluding carboxylic acids is 1. The van der Waals surface area contributed by atoms with E-state index in [1.54, 1.807) is 0 Å². The normalized spacial score (nSPS) is 48.9. The Hall–Kier alpha value is -1.16. The number of hydrogen-bond acceptors (Lipinski definition) is 15. The van der Waals surface area contributed by atoms with Crippen LogP contribution in [0.5, 0.6) is 0 Å². The Balaban J connectivity index is 1.84. The minimum atomic E-state index is -1.85. The molecular weight excluding hydrogens is 525 g/mol. The van der Waals surface area contributed by atoms with Gasteiger partial charge in [-0.05, 0) is 18.4 Å². The summed E-state index contributed by atoms with van der Waals surface area (Å²) in [6, 6.07) is -1.48. The highest BCUT2D eigenvalue weighted by Gasteiger charge is 2.53. The fourth-order valence-electron chi connectivity index (χ4n) is 4.66. The molecule has 0 radical (unpaired) electrons. The van der Waals surface area contributed by atoms with Crippen LogP contribution in [0.15, 0.2) is 0 Å². The van der Waals surface area contributed by atoms with Gasteiger partial charge in [0.1, 0.15) is 61.0 Å². The molecule has 0 aromatic carbocycles. The first kappa shape index (κ1) is 31.4. The Labute approximate surface area is 216 Å². The Morgan fingerprint density at radius 3 is 2.13 bits per heavy atom. The van der Waals surface area contributed by atoms with E-state index >= 15 is 0 Å². The first-order chi connectivity index (χ1) is 17.8. The molecule has 3 fully saturated rings. The number of nitrogens with one attached hydrogen (secondary N) is 1. The van der Waals surface area contributed by atoms with Crippen molar-refractivity contribution >= 4 is 5.91 Å². The molecule has 16 nitrogen and oxygen atoms in total. The molecule has 3 aliphatic rings. The minimum Gasteiger partial charge on any atom is -0.394 e. The zero-order valence-corrected chi connectivity index (χ0v) is 20.8. The van der Waals surface area contributed by atoms with Crippen LogP contribution in [-0.2, 0) is 33.4 Å². The molecule has 3 heterocycles. The van der Waals surface area contributed by atoms with E-state index in [0.29, 0.717) is 0 Å². The number of rotatable bonds is 8. The lowest BCUT2D eigenvalue weighted by atomic mass is 9.95. The fraction of sp³-hybridized carbons (Fsp3) is 0.952. The van der Waals surface area contributed by atoms with Gasteiger partial charge in [0.2, 0.25) is 5.91 Å². The zero-order chi connectivity index (χ0) is 28.5. The topological polar surface area (TPSA) is 246 Å². The number of hydrogen-bond donors (Lipinski definition) is 9. The van der Waals surface area contributed by atoms with Gasteiger partial charge in [-0.25, -0.2) is 0 Å². The molecule has 3 aliphatic heterocycles. The Bertz CT molecular complexity index is 783. The van der Waals surface area contributed by atoms with Crippen molar-refractivity contribution in [3.05, 3.63) is 0 Å². The van der Waals surface area contributed by atoms with Crippen LogP contribution in [0.4, 0.5) is 4.53 Å². The number of aliphatic hydroxyl groups excluding tert-OH is 8. The molecular formula is C21H36FNO15. The van der Waals surface area contributed by atoms with Crippen molar-refractivity contribution in [3.8, 4) is 0 Å². The van der Waals surface area contributed by atoms with Gasteiger partial charge in [0.05, 0.1) is 18.8 Å². The van der Waals surface area contributed by atoms with E-state index in [9.17, 15) is 50.2 Å². The molecule has 9 N–H and O–H groups in total. The molecule has 0 spiro atoms. The second kappa shape index (κ2) is 13.0. The molecule has 16 atom stereocenters. The number of amides is 1. The van der Waals surface area contributed by atoms with Crippen LogP contribution in [-0.4, -0.2) is 152 Å². The molecule has 0 bridgehead atoms. The standard InChI is InChI=1S/C21H36FNO15/c1-5-10(26)13(29)18(21(33-5)34-6(2)16-14(30)12(28)15(31)19(32)36-16)37-20-9(23-7(3)25)11(27)17(38-22)8(4-24)35-20/h5-6,8-21,24,26-32H,4H2,1-3H3,(H,23,25)/t5-,6-,8-,9-,10-,11-,12+,13+,14+,15-,16-,17-,18+,19?,20+,21-/m1/s1. The molecule has 1 amide bonds. The summed E-state index contributed by atoms with van der Waals surface area (Å²) in [5.74, 6) is -0.676. The van der Waals surface area contributed by atoms with Crippen LogP contribution < -0.4 is 5.32 Å². The third-order valence-electron chi connectivity index (χ3n) is 6.84. The smallest absolute Gasteiger partial charge is 0.217 e. The highest BCUT2D eigenvalue weighted by molar-refractivity contribution is 5.73. The second-order valence-electron chi connectivity index (χ2n) is 9.59. The van der Waals surface area contributed by atoms with E-state index in [1.807, 2.05) is 0 Å². The van der Waals surface area contributed by atoms with Crippen LogP contribution >= 0.6 is 0 Å². The van der Waals surface area contributed by atoms with Crippen LogP contribution in [0.1, 0.15) is 20.8 Å². The summed E-state index contributed by atoms with van der Waals surface area (Å²) in [6.45, 7) is 3.04. The van der Waals surface area contributed by atoms with Gasteiger partial charge in [0.15, 0.2) is 25.0 Å². The third kappa shape index (κ3) is 6.42. The maximum Gasteiger partial charge on any atom is 0.217 e. The Kier molecular flexibility index (Phi) is 10.7. The lowest BCUT2D eigenvalue weighted by Crippen LogP contribution is -2.68. The molecule has 3 rings (SSSR count). The molecule has 17 heteroatoms. The Morgan fingerprint density at radius 1 is 0.895 bits per heavy atom. The van der Waals surface area contributed by atoms with Crippen molar-refractivity contribution in [1.29, 1.82) is 0 Å². The molecule has 38 heavy (non-hydrogen) atoms. The number of carbonyl (C=O) groups is 1. The molecule has 1 unspecified atom stereocenters. The Morgan fingerprint density at radius 2 is 1.55 bits per heavy atom. The SMILES string of the molecule is CC(=O)N[C@H]1[C@H](O[C@@H]2[C@@H](O[C@H](C)[C@H]3OC(O)[C@H](O)[C@@H](O)[C@@H]3O)O[C@H](C)[C@@H](O)[C@@H]2O)O[C@H](CO)[C@@H](OF)[C@@H]1O. The van der Waals surface area contributed by atoms with Crippen LogP contribution in [0.3, 0.4) is 0 Å². The van der Waals surface area contributed by atoms with E-state index in [2.05, 4.69) is 10.3 Å². The maximum atomic E-state index is 13.1. The molecule has 0 aliphatic carbocycles. The third-order valence-corrected chi connectivity index (χ3v) is 6.84. The summed E-state index contributed by atoms with van der Waals surface area (Å²) in [5, 5.41) is 83.5. The number of aliphatic hydroxyl groups is 8. The van der Waals surface area contributed by atoms with Gasteiger partial charge in [-0.3, -0.25) is 4.79 Å². The zero-order valence-electron chi connectivity index (χ0n) is 20.8. The fourth-order valence-corrected chi connectivity index (χ4v) is 4.66. The van der Waals surface area contributed by atoms with Gasteiger partial charge in [0.25, 0.3) is 0 Å². The lowest BCUT2D eigenvalue weighted by Gasteiger charge is -2.48. The van der Waals surface area contributed by atoms with E-state index in [-0.39, 0.29) is 0 Å². The van der Waals surface area contributed by atoms with Crippen LogP contribution in [0, 0.1) is 0 Å². The van der Waals surface area contributed by atoms with Crippen LogP contribution in [0.2, 0.25) is 0 Å². The predicted octanol–water partition coefficient (Wildman–Crippen LogP) is -5.10. The van der Waals surface area contributed by atoms with Gasteiger partial charge < -0.3 is 69.9 Å². The number of halogens is 1. The van der Waals surface area contributed by atoms with E-state index in [4.69, 9.17) is 23.7 Å². The first-order valence-electron chi connectivity index (χ1n) is 12.0. The van der Waals surface area contributed by atoms with Crippen molar-refractivity contribution in [2.75, 3.05) is 6.61 Å². The average Bonchev–Trinajstić information content (AvgIpc) is 2.87. The van der Waals surface area contributed by atoms with Gasteiger partial charge >= 0.3 is 0 Å². The molecule has 222 valence electrons. The van der Waals surface area contributed by atoms with Crippen molar-refractivity contribution in [3.63, 3.8) is 0 Å². The highest BCUT2D eigenvalue weighted by atomic mass is 19.3. The summed E-state index contributed by atoms with van der Waals surface area (Å²) < 4.78 is 40.9. The summed E-state index contributed by atoms with van der Waals surface area (Å²) >= 11 is 0. The van der Waals surface area contributed by atoms with E-state index in [1.165, 1.54) is 13.8 Å². The van der Waals surface area contributed by atoms with E-state index in [0.717, 1.165) is 6.92 Å². The van der Waals surface area contributed by atoms with Crippen molar-refractivity contribution in [2.45, 2.75) is 119 Å². The van der Waals surface area contributed by atoms with Crippen molar-refractivity contribution in [1.82, 2.24) is 5.32 Å². The summed E-state index contributed by atoms with van der Waals surface area (Å²) in [5.41, 5.74) is 0. The lowest BCUT2D eigenvalue weighted by molar-refractivity contribution is -0.375. The summed E-state index contributed by atoms with van der Waals surface area (Å²) in [4.78, 5) is 15.4. The molecule has 0 aromatic rings. The minimum absolute atomic E-state index is 0.676. The average molecular weight is 562 g/mol. The number of ether oxygens (including phenoxy) is 5. The van der Waals surface area contributed by atoms with Gasteiger partial charge in [0, 0.05) is 6.92 Å². The molecule has 0 aromatic heterocycles. The maximum absolute atomic E-state index is 13.1. The van der Waals surface area contributed by atoms with Gasteiger partial charge in [-0.1, -0.05) is 0 Å². The molecule has 3 saturated heterocycles. The van der Waals surface area contributed by atoms with Gasteiger partial charge in [-0.15, -0.1) is 0 Å².